The molecular formula is C19H23N3O. The number of nitrogens with zero attached hydrogens (tertiary/aromatic N) is 2. The lowest BCUT2D eigenvalue weighted by atomic mass is 9.99. The third-order valence-corrected chi connectivity index (χ3v) is 4.40. The van der Waals surface area contributed by atoms with Crippen LogP contribution in [0.3, 0.4) is 0 Å². The maximum atomic E-state index is 12.4. The third-order valence-electron chi connectivity index (χ3n) is 4.40. The van der Waals surface area contributed by atoms with Crippen LogP contribution in [0.15, 0.2) is 42.6 Å². The predicted octanol–water partition coefficient (Wildman–Crippen LogP) is 3.88. The Morgan fingerprint density at radius 2 is 2.00 bits per heavy atom. The first-order valence-electron chi connectivity index (χ1n) is 8.21. The molecule has 2 aromatic rings. The van der Waals surface area contributed by atoms with Gasteiger partial charge >= 0.3 is 0 Å². The van der Waals surface area contributed by atoms with Crippen LogP contribution in [0.4, 0.5) is 11.4 Å². The Bertz CT molecular complexity index is 691. The van der Waals surface area contributed by atoms with Gasteiger partial charge in [0, 0.05) is 30.7 Å². The second-order valence-corrected chi connectivity index (χ2v) is 6.39. The highest BCUT2D eigenvalue weighted by atomic mass is 16.1. The molecule has 4 heteroatoms. The molecule has 0 spiro atoms. The van der Waals surface area contributed by atoms with Gasteiger partial charge in [-0.05, 0) is 55.5 Å². The molecule has 3 rings (SSSR count). The third kappa shape index (κ3) is 3.89. The summed E-state index contributed by atoms with van der Waals surface area (Å²) in [4.78, 5) is 19.0. The van der Waals surface area contributed by atoms with Crippen molar-refractivity contribution in [2.24, 2.45) is 5.92 Å². The average molecular weight is 309 g/mol. The van der Waals surface area contributed by atoms with Gasteiger partial charge < -0.3 is 10.2 Å². The van der Waals surface area contributed by atoms with E-state index in [0.717, 1.165) is 35.9 Å². The van der Waals surface area contributed by atoms with Crippen molar-refractivity contribution in [3.63, 3.8) is 0 Å². The van der Waals surface area contributed by atoms with Crippen LogP contribution in [0.25, 0.3) is 0 Å². The number of pyridine rings is 1. The first kappa shape index (κ1) is 15.5. The molecule has 0 saturated carbocycles. The molecule has 1 aromatic carbocycles. The fraction of sp³-hybridized carbons (Fsp3) is 0.368. The van der Waals surface area contributed by atoms with E-state index in [1.54, 1.807) is 6.20 Å². The summed E-state index contributed by atoms with van der Waals surface area (Å²) in [7, 11) is 0. The minimum Gasteiger partial charge on any atom is -0.371 e. The number of nitrogens with one attached hydrogen (secondary N) is 1. The molecule has 120 valence electrons. The summed E-state index contributed by atoms with van der Waals surface area (Å²) in [6.45, 7) is 6.39. The van der Waals surface area contributed by atoms with Crippen molar-refractivity contribution in [2.45, 2.75) is 26.7 Å². The average Bonchev–Trinajstić information content (AvgIpc) is 2.56. The van der Waals surface area contributed by atoms with Crippen molar-refractivity contribution >= 4 is 17.3 Å². The lowest BCUT2D eigenvalue weighted by Gasteiger charge is -2.32. The summed E-state index contributed by atoms with van der Waals surface area (Å²) >= 11 is 0. The van der Waals surface area contributed by atoms with Crippen LogP contribution in [-0.4, -0.2) is 24.0 Å². The van der Waals surface area contributed by atoms with Gasteiger partial charge in [-0.15, -0.1) is 0 Å². The second kappa shape index (κ2) is 6.82. The predicted molar refractivity (Wildman–Crippen MR) is 94.0 cm³/mol. The molecule has 1 saturated heterocycles. The van der Waals surface area contributed by atoms with Crippen LogP contribution >= 0.6 is 0 Å². The van der Waals surface area contributed by atoms with E-state index in [9.17, 15) is 4.79 Å². The van der Waals surface area contributed by atoms with Crippen molar-refractivity contribution < 1.29 is 4.79 Å². The Hall–Kier alpha value is -2.36. The molecule has 0 atom stereocenters. The van der Waals surface area contributed by atoms with Crippen molar-refractivity contribution in [1.82, 2.24) is 4.98 Å². The highest BCUT2D eigenvalue weighted by Gasteiger charge is 2.17. The molecule has 1 amide bonds. The van der Waals surface area contributed by atoms with E-state index in [4.69, 9.17) is 0 Å². The van der Waals surface area contributed by atoms with Crippen LogP contribution in [0.2, 0.25) is 0 Å². The van der Waals surface area contributed by atoms with Gasteiger partial charge in [-0.3, -0.25) is 9.78 Å². The monoisotopic (exact) mass is 309 g/mol. The highest BCUT2D eigenvalue weighted by Crippen LogP contribution is 2.23. The van der Waals surface area contributed by atoms with Gasteiger partial charge in [0.05, 0.1) is 0 Å². The summed E-state index contributed by atoms with van der Waals surface area (Å²) in [5.41, 5.74) is 3.46. The summed E-state index contributed by atoms with van der Waals surface area (Å²) in [6, 6.07) is 11.7. The van der Waals surface area contributed by atoms with E-state index in [0.29, 0.717) is 5.69 Å². The Morgan fingerprint density at radius 3 is 2.74 bits per heavy atom. The SMILES string of the molecule is Cc1cccc(NC(=O)c2cc(N3CCC(C)CC3)ccn2)c1. The van der Waals surface area contributed by atoms with Crippen LogP contribution < -0.4 is 10.2 Å². The van der Waals surface area contributed by atoms with Crippen molar-refractivity contribution in [2.75, 3.05) is 23.3 Å². The number of benzene rings is 1. The molecular weight excluding hydrogens is 286 g/mol. The van der Waals surface area contributed by atoms with Gasteiger partial charge in [0.2, 0.25) is 0 Å². The molecule has 1 aromatic heterocycles. The van der Waals surface area contributed by atoms with Crippen molar-refractivity contribution in [1.29, 1.82) is 0 Å². The largest absolute Gasteiger partial charge is 0.371 e. The molecule has 0 unspecified atom stereocenters. The minimum atomic E-state index is -0.164. The first-order valence-corrected chi connectivity index (χ1v) is 8.21. The topological polar surface area (TPSA) is 45.2 Å². The number of hydrogen-bond donors (Lipinski definition) is 1. The number of anilines is 2. The van der Waals surface area contributed by atoms with E-state index in [2.05, 4.69) is 22.1 Å². The molecule has 0 radical (unpaired) electrons. The smallest absolute Gasteiger partial charge is 0.274 e. The van der Waals surface area contributed by atoms with Crippen LogP contribution in [-0.2, 0) is 0 Å². The number of piperidine rings is 1. The number of amides is 1. The van der Waals surface area contributed by atoms with Crippen molar-refractivity contribution in [3.8, 4) is 0 Å². The Kier molecular flexibility index (Phi) is 4.60. The number of carbonyl (C=O) groups is 1. The Morgan fingerprint density at radius 1 is 1.22 bits per heavy atom. The quantitative estimate of drug-likeness (QED) is 0.936. The number of aromatic nitrogens is 1. The van der Waals surface area contributed by atoms with E-state index < -0.39 is 0 Å². The van der Waals surface area contributed by atoms with Gasteiger partial charge in [0.1, 0.15) is 5.69 Å². The zero-order chi connectivity index (χ0) is 16.2. The molecule has 0 bridgehead atoms. The van der Waals surface area contributed by atoms with Crippen LogP contribution in [0.5, 0.6) is 0 Å². The summed E-state index contributed by atoms with van der Waals surface area (Å²) in [5.74, 6) is 0.625. The number of hydrogen-bond acceptors (Lipinski definition) is 3. The van der Waals surface area contributed by atoms with Crippen LogP contribution in [0, 0.1) is 12.8 Å². The summed E-state index contributed by atoms with van der Waals surface area (Å²) < 4.78 is 0. The molecule has 2 heterocycles. The lowest BCUT2D eigenvalue weighted by Crippen LogP contribution is -2.33. The first-order chi connectivity index (χ1) is 11.1. The highest BCUT2D eigenvalue weighted by molar-refractivity contribution is 6.03. The molecule has 1 aliphatic rings. The molecule has 1 aliphatic heterocycles. The van der Waals surface area contributed by atoms with E-state index >= 15 is 0 Å². The Labute approximate surface area is 137 Å². The maximum Gasteiger partial charge on any atom is 0.274 e. The van der Waals surface area contributed by atoms with Gasteiger partial charge in [-0.2, -0.15) is 0 Å². The zero-order valence-corrected chi connectivity index (χ0v) is 13.7. The number of carbonyl (C=O) groups excluding carboxylic acids is 1. The maximum absolute atomic E-state index is 12.4. The zero-order valence-electron chi connectivity index (χ0n) is 13.7. The van der Waals surface area contributed by atoms with E-state index in [-0.39, 0.29) is 5.91 Å². The number of rotatable bonds is 3. The van der Waals surface area contributed by atoms with Gasteiger partial charge in [-0.1, -0.05) is 19.1 Å². The summed E-state index contributed by atoms with van der Waals surface area (Å²) in [5, 5.41) is 2.92. The van der Waals surface area contributed by atoms with Gasteiger partial charge in [0.25, 0.3) is 5.91 Å². The normalized spacial score (nSPS) is 15.5. The van der Waals surface area contributed by atoms with Crippen LogP contribution in [0.1, 0.15) is 35.8 Å². The fourth-order valence-electron chi connectivity index (χ4n) is 2.92. The molecule has 23 heavy (non-hydrogen) atoms. The Balaban J connectivity index is 1.72. The van der Waals surface area contributed by atoms with Gasteiger partial charge in [-0.25, -0.2) is 0 Å². The number of aryl methyl sites for hydroxylation is 1. The van der Waals surface area contributed by atoms with E-state index in [1.165, 1.54) is 12.8 Å². The van der Waals surface area contributed by atoms with E-state index in [1.807, 2.05) is 43.3 Å². The standard InChI is InChI=1S/C19H23N3O/c1-14-7-10-22(11-8-14)17-6-9-20-18(13-17)19(23)21-16-5-3-4-15(2)12-16/h3-6,9,12-14H,7-8,10-11H2,1-2H3,(H,21,23). The fourth-order valence-corrected chi connectivity index (χ4v) is 2.92. The molecule has 1 N–H and O–H groups in total. The molecule has 4 nitrogen and oxygen atoms in total. The summed E-state index contributed by atoms with van der Waals surface area (Å²) in [6.07, 6.45) is 4.12. The molecule has 0 aliphatic carbocycles. The minimum absolute atomic E-state index is 0.164. The molecule has 1 fully saturated rings. The van der Waals surface area contributed by atoms with Crippen molar-refractivity contribution in [3.05, 3.63) is 53.9 Å². The second-order valence-electron chi connectivity index (χ2n) is 6.39. The lowest BCUT2D eigenvalue weighted by molar-refractivity contribution is 0.102. The van der Waals surface area contributed by atoms with Gasteiger partial charge in [0.15, 0.2) is 0 Å².